The summed E-state index contributed by atoms with van der Waals surface area (Å²) in [5.74, 6) is -0.313. The van der Waals surface area contributed by atoms with Crippen LogP contribution in [0.3, 0.4) is 0 Å². The molecule has 0 atom stereocenters. The van der Waals surface area contributed by atoms with E-state index < -0.39 is 0 Å². The number of hydrogen-bond acceptors (Lipinski definition) is 1. The zero-order chi connectivity index (χ0) is 12.1. The third kappa shape index (κ3) is 2.36. The summed E-state index contributed by atoms with van der Waals surface area (Å²) in [5, 5.41) is 0. The summed E-state index contributed by atoms with van der Waals surface area (Å²) in [6.07, 6.45) is 0.905. The fourth-order valence-corrected chi connectivity index (χ4v) is 1.69. The molecular formula is C14H10N2O. The number of ketones is 1. The molecule has 0 amide bonds. The van der Waals surface area contributed by atoms with E-state index in [0.717, 1.165) is 17.3 Å². The van der Waals surface area contributed by atoms with E-state index in [1.807, 2.05) is 42.5 Å². The quantitative estimate of drug-likeness (QED) is 0.341. The van der Waals surface area contributed by atoms with Crippen molar-refractivity contribution in [2.24, 2.45) is 0 Å². The summed E-state index contributed by atoms with van der Waals surface area (Å²) in [4.78, 5) is 14.5. The molecule has 0 aliphatic heterocycles. The van der Waals surface area contributed by atoms with Gasteiger partial charge in [0.05, 0.1) is 0 Å². The predicted molar refractivity (Wildman–Crippen MR) is 65.9 cm³/mol. The van der Waals surface area contributed by atoms with Crippen molar-refractivity contribution in [2.75, 3.05) is 0 Å². The van der Waals surface area contributed by atoms with Crippen LogP contribution in [0.25, 0.3) is 16.7 Å². The molecule has 3 nitrogen and oxygen atoms in total. The average molecular weight is 222 g/mol. The number of carbonyl (C=O) groups is 1. The molecule has 0 aromatic heterocycles. The molecular weight excluding hydrogens is 212 g/mol. The monoisotopic (exact) mass is 222 g/mol. The Bertz CT molecular complexity index is 584. The Morgan fingerprint density at radius 1 is 1.00 bits per heavy atom. The Labute approximate surface area is 99.0 Å². The first-order valence-corrected chi connectivity index (χ1v) is 5.19. The van der Waals surface area contributed by atoms with Crippen LogP contribution < -0.4 is 0 Å². The maximum Gasteiger partial charge on any atom is 0.328 e. The molecule has 0 bridgehead atoms. The van der Waals surface area contributed by atoms with E-state index in [4.69, 9.17) is 5.53 Å². The molecule has 2 aromatic rings. The molecule has 0 spiro atoms. The van der Waals surface area contributed by atoms with Gasteiger partial charge in [0.1, 0.15) is 0 Å². The SMILES string of the molecule is [N-]=[N+]=CC(=O)c1ccccc1-c1ccccc1. The van der Waals surface area contributed by atoms with Crippen molar-refractivity contribution < 1.29 is 9.58 Å². The minimum absolute atomic E-state index is 0.313. The van der Waals surface area contributed by atoms with Gasteiger partial charge in [-0.05, 0) is 11.1 Å². The molecule has 0 saturated carbocycles. The lowest BCUT2D eigenvalue weighted by Crippen LogP contribution is -2.03. The highest BCUT2D eigenvalue weighted by Gasteiger charge is 2.12. The first-order valence-electron chi connectivity index (χ1n) is 5.19. The number of hydrogen-bond donors (Lipinski definition) is 0. The number of nitrogens with zero attached hydrogens (tertiary/aromatic N) is 2. The number of benzene rings is 2. The van der Waals surface area contributed by atoms with Gasteiger partial charge in [0.15, 0.2) is 0 Å². The molecule has 0 aliphatic rings. The van der Waals surface area contributed by atoms with Gasteiger partial charge >= 0.3 is 6.21 Å². The molecule has 0 fully saturated rings. The number of rotatable bonds is 3. The van der Waals surface area contributed by atoms with Crippen molar-refractivity contribution >= 4 is 12.0 Å². The second-order valence-corrected chi connectivity index (χ2v) is 3.52. The minimum Gasteiger partial charge on any atom is -0.361 e. The third-order valence-electron chi connectivity index (χ3n) is 2.45. The van der Waals surface area contributed by atoms with Crippen LogP contribution in [0, 0.1) is 0 Å². The van der Waals surface area contributed by atoms with Crippen molar-refractivity contribution in [3.8, 4) is 11.1 Å². The van der Waals surface area contributed by atoms with Crippen molar-refractivity contribution in [1.29, 1.82) is 0 Å². The Morgan fingerprint density at radius 3 is 2.35 bits per heavy atom. The fourth-order valence-electron chi connectivity index (χ4n) is 1.69. The summed E-state index contributed by atoms with van der Waals surface area (Å²) in [6, 6.07) is 16.8. The topological polar surface area (TPSA) is 53.5 Å². The van der Waals surface area contributed by atoms with Crippen LogP contribution in [-0.4, -0.2) is 16.8 Å². The van der Waals surface area contributed by atoms with Crippen LogP contribution in [-0.2, 0) is 0 Å². The Kier molecular flexibility index (Phi) is 3.24. The lowest BCUT2D eigenvalue weighted by Gasteiger charge is -2.05. The first-order chi connectivity index (χ1) is 8.33. The predicted octanol–water partition coefficient (Wildman–Crippen LogP) is 2.84. The molecule has 0 unspecified atom stereocenters. The van der Waals surface area contributed by atoms with E-state index in [0.29, 0.717) is 5.56 Å². The number of carbonyl (C=O) groups excluding carboxylic acids is 1. The minimum atomic E-state index is -0.313. The van der Waals surface area contributed by atoms with E-state index in [1.165, 1.54) is 0 Å². The van der Waals surface area contributed by atoms with Gasteiger partial charge in [-0.2, -0.15) is 4.79 Å². The zero-order valence-electron chi connectivity index (χ0n) is 9.08. The first kappa shape index (κ1) is 11.0. The van der Waals surface area contributed by atoms with Gasteiger partial charge in [-0.3, -0.25) is 4.79 Å². The summed E-state index contributed by atoms with van der Waals surface area (Å²) in [5.41, 5.74) is 10.7. The van der Waals surface area contributed by atoms with Crippen molar-refractivity contribution in [3.05, 3.63) is 65.7 Å². The van der Waals surface area contributed by atoms with E-state index in [1.54, 1.807) is 12.1 Å². The van der Waals surface area contributed by atoms with Gasteiger partial charge in [-0.1, -0.05) is 54.6 Å². The standard InChI is InChI=1S/C14H10N2O/c15-16-10-14(17)13-9-5-4-8-12(13)11-6-2-1-3-7-11/h1-10H. The van der Waals surface area contributed by atoms with E-state index in [9.17, 15) is 4.79 Å². The average Bonchev–Trinajstić information content (AvgIpc) is 2.40. The van der Waals surface area contributed by atoms with Crippen molar-refractivity contribution in [1.82, 2.24) is 0 Å². The maximum atomic E-state index is 11.7. The largest absolute Gasteiger partial charge is 0.361 e. The van der Waals surface area contributed by atoms with Crippen LogP contribution in [0.1, 0.15) is 10.4 Å². The molecule has 3 heteroatoms. The van der Waals surface area contributed by atoms with E-state index in [-0.39, 0.29) is 5.78 Å². The van der Waals surface area contributed by atoms with Gasteiger partial charge in [-0.15, -0.1) is 0 Å². The van der Waals surface area contributed by atoms with Crippen LogP contribution in [0.4, 0.5) is 0 Å². The summed E-state index contributed by atoms with van der Waals surface area (Å²) < 4.78 is 0. The zero-order valence-corrected chi connectivity index (χ0v) is 9.08. The highest BCUT2D eigenvalue weighted by atomic mass is 16.1. The van der Waals surface area contributed by atoms with Crippen LogP contribution in [0.5, 0.6) is 0 Å². The Hall–Kier alpha value is -2.51. The Morgan fingerprint density at radius 2 is 1.65 bits per heavy atom. The highest BCUT2D eigenvalue weighted by Crippen LogP contribution is 2.23. The van der Waals surface area contributed by atoms with E-state index >= 15 is 0 Å². The van der Waals surface area contributed by atoms with Gasteiger partial charge in [-0.25, -0.2) is 0 Å². The summed E-state index contributed by atoms with van der Waals surface area (Å²) in [6.45, 7) is 0. The van der Waals surface area contributed by atoms with Gasteiger partial charge in [0, 0.05) is 5.56 Å². The van der Waals surface area contributed by atoms with Crippen molar-refractivity contribution in [2.45, 2.75) is 0 Å². The maximum absolute atomic E-state index is 11.7. The van der Waals surface area contributed by atoms with E-state index in [2.05, 4.69) is 4.79 Å². The lowest BCUT2D eigenvalue weighted by molar-refractivity contribution is 0.00235. The smallest absolute Gasteiger partial charge is 0.328 e. The molecule has 0 aliphatic carbocycles. The van der Waals surface area contributed by atoms with Crippen LogP contribution >= 0.6 is 0 Å². The normalized spacial score (nSPS) is 9.41. The Balaban J connectivity index is 2.56. The fraction of sp³-hybridized carbons (Fsp3) is 0. The van der Waals surface area contributed by atoms with Crippen molar-refractivity contribution in [3.63, 3.8) is 0 Å². The second kappa shape index (κ2) is 5.01. The molecule has 2 rings (SSSR count). The molecule has 2 aromatic carbocycles. The third-order valence-corrected chi connectivity index (χ3v) is 2.45. The molecule has 17 heavy (non-hydrogen) atoms. The summed E-state index contributed by atoms with van der Waals surface area (Å²) >= 11 is 0. The van der Waals surface area contributed by atoms with Crippen LogP contribution in [0.2, 0.25) is 0 Å². The lowest BCUT2D eigenvalue weighted by atomic mass is 9.97. The van der Waals surface area contributed by atoms with Gasteiger partial charge in [0.25, 0.3) is 5.78 Å². The molecule has 82 valence electrons. The highest BCUT2D eigenvalue weighted by molar-refractivity contribution is 6.35. The molecule has 0 heterocycles. The second-order valence-electron chi connectivity index (χ2n) is 3.52. The van der Waals surface area contributed by atoms with Gasteiger partial charge < -0.3 is 5.53 Å². The molecule has 0 N–H and O–H groups in total. The van der Waals surface area contributed by atoms with Gasteiger partial charge in [0.2, 0.25) is 0 Å². The summed E-state index contributed by atoms with van der Waals surface area (Å²) in [7, 11) is 0. The molecule has 0 saturated heterocycles. The molecule has 0 radical (unpaired) electrons. The number of Topliss-reactive ketones (excluding diaryl/α,β-unsaturated/α-hetero) is 1. The van der Waals surface area contributed by atoms with Crippen LogP contribution in [0.15, 0.2) is 54.6 Å².